The van der Waals surface area contributed by atoms with Crippen molar-refractivity contribution in [2.75, 3.05) is 0 Å². The van der Waals surface area contributed by atoms with Gasteiger partial charge < -0.3 is 0 Å². The molecule has 0 spiro atoms. The molecule has 20 heavy (non-hydrogen) atoms. The van der Waals surface area contributed by atoms with E-state index in [9.17, 15) is 4.39 Å². The number of hydrogen-bond acceptors (Lipinski definition) is 3. The van der Waals surface area contributed by atoms with E-state index in [-0.39, 0.29) is 11.1 Å². The molecule has 1 atom stereocenters. The summed E-state index contributed by atoms with van der Waals surface area (Å²) in [5.74, 6) is 5.08. The third kappa shape index (κ3) is 3.55. The highest BCUT2D eigenvalue weighted by Gasteiger charge is 2.18. The van der Waals surface area contributed by atoms with Crippen molar-refractivity contribution in [3.05, 3.63) is 63.1 Å². The molecule has 3 nitrogen and oxygen atoms in total. The summed E-state index contributed by atoms with van der Waals surface area (Å²) in [5, 5.41) is 0.0700. The fraction of sp³-hybridized carbons (Fsp3) is 0.214. The van der Waals surface area contributed by atoms with E-state index in [0.717, 1.165) is 5.69 Å². The molecule has 3 N–H and O–H groups in total. The molecule has 0 radical (unpaired) electrons. The summed E-state index contributed by atoms with van der Waals surface area (Å²) in [6.07, 6.45) is 3.06. The topological polar surface area (TPSA) is 50.9 Å². The second-order valence-corrected chi connectivity index (χ2v) is 5.58. The van der Waals surface area contributed by atoms with Gasteiger partial charge in [0.05, 0.1) is 5.02 Å². The van der Waals surface area contributed by atoms with Crippen LogP contribution in [0.15, 0.2) is 41.0 Å². The number of halogens is 3. The van der Waals surface area contributed by atoms with E-state index in [2.05, 4.69) is 26.3 Å². The Bertz CT molecular complexity index is 580. The summed E-state index contributed by atoms with van der Waals surface area (Å²) >= 11 is 9.09. The maximum Gasteiger partial charge on any atom is 0.147 e. The fourth-order valence-electron chi connectivity index (χ4n) is 1.98. The van der Waals surface area contributed by atoms with Crippen LogP contribution in [0, 0.1) is 5.82 Å². The Hall–Kier alpha value is -1.01. The van der Waals surface area contributed by atoms with Crippen LogP contribution < -0.4 is 11.3 Å². The first-order chi connectivity index (χ1) is 9.63. The molecule has 0 aliphatic rings. The zero-order valence-corrected chi connectivity index (χ0v) is 13.0. The zero-order valence-electron chi connectivity index (χ0n) is 10.6. The van der Waals surface area contributed by atoms with Crippen LogP contribution in [0.2, 0.25) is 5.02 Å². The van der Waals surface area contributed by atoms with E-state index in [0.29, 0.717) is 22.9 Å². The molecule has 0 fully saturated rings. The number of nitrogens with two attached hydrogens (primary N) is 1. The Balaban J connectivity index is 2.15. The Morgan fingerprint density at radius 1 is 1.35 bits per heavy atom. The molecule has 2 aromatic rings. The molecule has 2 rings (SSSR count). The van der Waals surface area contributed by atoms with Gasteiger partial charge in [-0.05, 0) is 47.0 Å². The van der Waals surface area contributed by atoms with Gasteiger partial charge in [0, 0.05) is 28.0 Å². The molecular weight excluding hydrogens is 345 g/mol. The number of hydrazine groups is 1. The predicted octanol–water partition coefficient (Wildman–Crippen LogP) is 3.77. The van der Waals surface area contributed by atoms with Gasteiger partial charge in [-0.15, -0.1) is 0 Å². The van der Waals surface area contributed by atoms with E-state index in [1.807, 2.05) is 18.2 Å². The van der Waals surface area contributed by atoms with E-state index in [1.54, 1.807) is 18.3 Å². The fourth-order valence-corrected chi connectivity index (χ4v) is 2.46. The van der Waals surface area contributed by atoms with Gasteiger partial charge >= 0.3 is 0 Å². The smallest absolute Gasteiger partial charge is 0.147 e. The summed E-state index contributed by atoms with van der Waals surface area (Å²) < 4.78 is 14.7. The molecule has 0 saturated carbocycles. The third-order valence-corrected chi connectivity index (χ3v) is 4.32. The lowest BCUT2D eigenvalue weighted by molar-refractivity contribution is 0.483. The van der Waals surface area contributed by atoms with Crippen molar-refractivity contribution in [3.8, 4) is 0 Å². The van der Waals surface area contributed by atoms with E-state index < -0.39 is 5.82 Å². The summed E-state index contributed by atoms with van der Waals surface area (Å²) in [4.78, 5) is 4.24. The SMILES string of the molecule is NNC(CCc1ccccn1)c1ccc(Br)c(Cl)c1F. The van der Waals surface area contributed by atoms with Gasteiger partial charge in [0.25, 0.3) is 0 Å². The lowest BCUT2D eigenvalue weighted by Gasteiger charge is -2.17. The predicted molar refractivity (Wildman–Crippen MR) is 81.7 cm³/mol. The average molecular weight is 359 g/mol. The minimum absolute atomic E-state index is 0.0700. The average Bonchev–Trinajstić information content (AvgIpc) is 2.48. The van der Waals surface area contributed by atoms with Gasteiger partial charge in [-0.2, -0.15) is 0 Å². The molecule has 1 aromatic heterocycles. The lowest BCUT2D eigenvalue weighted by Crippen LogP contribution is -2.29. The van der Waals surface area contributed by atoms with Crippen molar-refractivity contribution in [2.24, 2.45) is 5.84 Å². The normalized spacial score (nSPS) is 12.4. The van der Waals surface area contributed by atoms with Crippen LogP contribution >= 0.6 is 27.5 Å². The van der Waals surface area contributed by atoms with Crippen LogP contribution in [0.3, 0.4) is 0 Å². The largest absolute Gasteiger partial charge is 0.271 e. The standard InChI is InChI=1S/C14H14BrClFN3/c15-11-6-5-10(14(17)13(11)16)12(20-18)7-4-9-3-1-2-8-19-9/h1-3,5-6,8,12,20H,4,7,18H2. The van der Waals surface area contributed by atoms with Crippen LogP contribution in [0.4, 0.5) is 4.39 Å². The summed E-state index contributed by atoms with van der Waals surface area (Å²) in [6, 6.07) is 8.78. The van der Waals surface area contributed by atoms with Crippen molar-refractivity contribution < 1.29 is 4.39 Å². The van der Waals surface area contributed by atoms with Gasteiger partial charge in [-0.3, -0.25) is 16.3 Å². The van der Waals surface area contributed by atoms with E-state index >= 15 is 0 Å². The van der Waals surface area contributed by atoms with E-state index in [1.165, 1.54) is 0 Å². The number of aromatic nitrogens is 1. The second-order valence-electron chi connectivity index (χ2n) is 4.34. The maximum absolute atomic E-state index is 14.2. The molecule has 0 aliphatic heterocycles. The molecule has 0 amide bonds. The quantitative estimate of drug-likeness (QED) is 0.486. The summed E-state index contributed by atoms with van der Waals surface area (Å²) in [7, 11) is 0. The Morgan fingerprint density at radius 3 is 2.80 bits per heavy atom. The minimum Gasteiger partial charge on any atom is -0.271 e. The molecule has 6 heteroatoms. The molecule has 1 unspecified atom stereocenters. The van der Waals surface area contributed by atoms with Gasteiger partial charge in [0.2, 0.25) is 0 Å². The molecule has 106 valence electrons. The Morgan fingerprint density at radius 2 is 2.15 bits per heavy atom. The first-order valence-corrected chi connectivity index (χ1v) is 7.30. The van der Waals surface area contributed by atoms with Gasteiger partial charge in [-0.25, -0.2) is 4.39 Å². The number of nitrogens with zero attached hydrogens (tertiary/aromatic N) is 1. The lowest BCUT2D eigenvalue weighted by atomic mass is 10.0. The van der Waals surface area contributed by atoms with Crippen LogP contribution in [-0.2, 0) is 6.42 Å². The Labute approximate surface area is 130 Å². The number of rotatable bonds is 5. The van der Waals surface area contributed by atoms with Crippen LogP contribution in [-0.4, -0.2) is 4.98 Å². The summed E-state index contributed by atoms with van der Waals surface area (Å²) in [6.45, 7) is 0. The monoisotopic (exact) mass is 357 g/mol. The number of aryl methyl sites for hydroxylation is 1. The number of pyridine rings is 1. The van der Waals surface area contributed by atoms with Gasteiger partial charge in [0.15, 0.2) is 0 Å². The number of nitrogens with one attached hydrogen (secondary N) is 1. The number of hydrogen-bond donors (Lipinski definition) is 2. The zero-order chi connectivity index (χ0) is 14.5. The van der Waals surface area contributed by atoms with Crippen molar-refractivity contribution in [1.29, 1.82) is 0 Å². The molecule has 1 aromatic carbocycles. The van der Waals surface area contributed by atoms with Crippen molar-refractivity contribution in [1.82, 2.24) is 10.4 Å². The van der Waals surface area contributed by atoms with Crippen LogP contribution in [0.25, 0.3) is 0 Å². The molecule has 1 heterocycles. The number of benzene rings is 1. The minimum atomic E-state index is -0.454. The van der Waals surface area contributed by atoms with Crippen molar-refractivity contribution in [3.63, 3.8) is 0 Å². The first kappa shape index (κ1) is 15.4. The van der Waals surface area contributed by atoms with Gasteiger partial charge in [0.1, 0.15) is 5.82 Å². The molecule has 0 aliphatic carbocycles. The highest BCUT2D eigenvalue weighted by Crippen LogP contribution is 2.31. The van der Waals surface area contributed by atoms with Crippen LogP contribution in [0.5, 0.6) is 0 Å². The van der Waals surface area contributed by atoms with E-state index in [4.69, 9.17) is 17.4 Å². The van der Waals surface area contributed by atoms with Crippen molar-refractivity contribution >= 4 is 27.5 Å². The highest BCUT2D eigenvalue weighted by molar-refractivity contribution is 9.10. The summed E-state index contributed by atoms with van der Waals surface area (Å²) in [5.41, 5.74) is 4.03. The van der Waals surface area contributed by atoms with Gasteiger partial charge in [-0.1, -0.05) is 23.7 Å². The first-order valence-electron chi connectivity index (χ1n) is 6.13. The second kappa shape index (κ2) is 7.13. The van der Waals surface area contributed by atoms with Crippen LogP contribution in [0.1, 0.15) is 23.7 Å². The Kier molecular flexibility index (Phi) is 5.48. The van der Waals surface area contributed by atoms with Crippen molar-refractivity contribution in [2.45, 2.75) is 18.9 Å². The maximum atomic E-state index is 14.2. The molecule has 0 saturated heterocycles. The third-order valence-electron chi connectivity index (χ3n) is 3.06. The molecular formula is C14H14BrClFN3. The molecule has 0 bridgehead atoms. The highest BCUT2D eigenvalue weighted by atomic mass is 79.9.